The van der Waals surface area contributed by atoms with Gasteiger partial charge in [-0.25, -0.2) is 8.42 Å². The molecule has 6 heteroatoms. The number of hydrogen-bond acceptors (Lipinski definition) is 4. The number of benzene rings is 1. The van der Waals surface area contributed by atoms with E-state index in [-0.39, 0.29) is 5.75 Å². The number of nitrogen functional groups attached to an aromatic ring is 1. The lowest BCUT2D eigenvalue weighted by Gasteiger charge is -2.25. The van der Waals surface area contributed by atoms with Crippen LogP contribution in [0.15, 0.2) is 24.3 Å². The van der Waals surface area contributed by atoms with Crippen LogP contribution in [0.25, 0.3) is 0 Å². The monoisotopic (exact) mass is 256 g/mol. The van der Waals surface area contributed by atoms with E-state index in [9.17, 15) is 8.42 Å². The highest BCUT2D eigenvalue weighted by Gasteiger charge is 2.25. The Kier molecular flexibility index (Phi) is 3.66. The van der Waals surface area contributed by atoms with Gasteiger partial charge in [-0.05, 0) is 30.5 Å². The van der Waals surface area contributed by atoms with Crippen LogP contribution in [-0.2, 0) is 20.6 Å². The molecule has 0 aliphatic carbocycles. The molecule has 1 fully saturated rings. The van der Waals surface area contributed by atoms with Crippen molar-refractivity contribution in [2.24, 2.45) is 0 Å². The lowest BCUT2D eigenvalue weighted by Crippen LogP contribution is -2.36. The number of nitrogens with zero attached hydrogens (tertiary/aromatic N) is 1. The first-order valence-electron chi connectivity index (χ1n) is 5.56. The molecule has 5 nitrogen and oxygen atoms in total. The van der Waals surface area contributed by atoms with Crippen LogP contribution in [0.4, 0.5) is 5.69 Å². The van der Waals surface area contributed by atoms with E-state index in [0.717, 1.165) is 17.3 Å². The Morgan fingerprint density at radius 3 is 2.82 bits per heavy atom. The summed E-state index contributed by atoms with van der Waals surface area (Å²) in [6, 6.07) is 6.89. The molecule has 0 amide bonds. The fraction of sp³-hybridized carbons (Fsp3) is 0.455. The van der Waals surface area contributed by atoms with Gasteiger partial charge < -0.3 is 5.73 Å². The van der Waals surface area contributed by atoms with Crippen molar-refractivity contribution in [3.63, 3.8) is 0 Å². The second-order valence-corrected chi connectivity index (χ2v) is 5.93. The maximum atomic E-state index is 12.0. The SMILES string of the molecule is Nc1cccc(CS(=O)(=O)N2CCCCO2)c1. The van der Waals surface area contributed by atoms with Crippen molar-refractivity contribution >= 4 is 15.7 Å². The summed E-state index contributed by atoms with van der Waals surface area (Å²) >= 11 is 0. The fourth-order valence-electron chi connectivity index (χ4n) is 1.76. The molecule has 2 rings (SSSR count). The van der Waals surface area contributed by atoms with E-state index >= 15 is 0 Å². The zero-order valence-corrected chi connectivity index (χ0v) is 10.3. The first-order valence-corrected chi connectivity index (χ1v) is 7.16. The van der Waals surface area contributed by atoms with Crippen LogP contribution in [-0.4, -0.2) is 26.0 Å². The molecule has 0 unspecified atom stereocenters. The van der Waals surface area contributed by atoms with Gasteiger partial charge in [-0.3, -0.25) is 4.84 Å². The molecule has 1 aromatic carbocycles. The summed E-state index contributed by atoms with van der Waals surface area (Å²) in [6.07, 6.45) is 1.75. The molecule has 2 N–H and O–H groups in total. The summed E-state index contributed by atoms with van der Waals surface area (Å²) in [6.45, 7) is 0.904. The van der Waals surface area contributed by atoms with Crippen LogP contribution in [0.5, 0.6) is 0 Å². The quantitative estimate of drug-likeness (QED) is 0.823. The van der Waals surface area contributed by atoms with Crippen LogP contribution in [0.1, 0.15) is 18.4 Å². The van der Waals surface area contributed by atoms with E-state index in [1.807, 2.05) is 0 Å². The third kappa shape index (κ3) is 3.18. The van der Waals surface area contributed by atoms with Gasteiger partial charge in [0.1, 0.15) is 0 Å². The molecule has 0 aromatic heterocycles. The van der Waals surface area contributed by atoms with Crippen LogP contribution < -0.4 is 5.73 Å². The number of hydroxylamine groups is 1. The smallest absolute Gasteiger partial charge is 0.240 e. The minimum atomic E-state index is -3.40. The van der Waals surface area contributed by atoms with E-state index in [4.69, 9.17) is 10.6 Å². The Hall–Kier alpha value is -1.11. The molecular weight excluding hydrogens is 240 g/mol. The summed E-state index contributed by atoms with van der Waals surface area (Å²) in [5, 5.41) is 0. The van der Waals surface area contributed by atoms with Gasteiger partial charge in [-0.2, -0.15) is 0 Å². The third-order valence-electron chi connectivity index (χ3n) is 2.58. The van der Waals surface area contributed by atoms with Crippen molar-refractivity contribution in [3.05, 3.63) is 29.8 Å². The van der Waals surface area contributed by atoms with Crippen LogP contribution in [0.2, 0.25) is 0 Å². The maximum absolute atomic E-state index is 12.0. The summed E-state index contributed by atoms with van der Waals surface area (Å²) < 4.78 is 25.1. The van der Waals surface area contributed by atoms with E-state index in [2.05, 4.69) is 0 Å². The van der Waals surface area contributed by atoms with Crippen molar-refractivity contribution in [1.82, 2.24) is 4.47 Å². The van der Waals surface area contributed by atoms with Gasteiger partial charge in [0.25, 0.3) is 0 Å². The fourth-order valence-corrected chi connectivity index (χ4v) is 3.15. The van der Waals surface area contributed by atoms with E-state index in [0.29, 0.717) is 24.4 Å². The Labute approximate surface area is 101 Å². The molecule has 0 radical (unpaired) electrons. The lowest BCUT2D eigenvalue weighted by atomic mass is 10.2. The molecule has 17 heavy (non-hydrogen) atoms. The summed E-state index contributed by atoms with van der Waals surface area (Å²) in [5.74, 6) is -0.0714. The van der Waals surface area contributed by atoms with Gasteiger partial charge in [0.15, 0.2) is 0 Å². The van der Waals surface area contributed by atoms with Crippen molar-refractivity contribution in [1.29, 1.82) is 0 Å². The zero-order chi connectivity index (χ0) is 12.3. The van der Waals surface area contributed by atoms with Gasteiger partial charge in [0.2, 0.25) is 10.0 Å². The minimum Gasteiger partial charge on any atom is -0.399 e. The molecule has 0 atom stereocenters. The predicted octanol–water partition coefficient (Wildman–Crippen LogP) is 1.13. The van der Waals surface area contributed by atoms with Crippen molar-refractivity contribution < 1.29 is 13.3 Å². The average Bonchev–Trinajstić information content (AvgIpc) is 2.29. The standard InChI is InChI=1S/C11H16N2O3S/c12-11-5-3-4-10(8-11)9-17(14,15)13-6-1-2-7-16-13/h3-5,8H,1-2,6-7,9,12H2. The second kappa shape index (κ2) is 5.03. The molecule has 1 aromatic rings. The molecular formula is C11H16N2O3S. The van der Waals surface area contributed by atoms with Gasteiger partial charge in [-0.1, -0.05) is 16.6 Å². The highest BCUT2D eigenvalue weighted by atomic mass is 32.2. The number of sulfonamides is 1. The van der Waals surface area contributed by atoms with Crippen LogP contribution in [0.3, 0.4) is 0 Å². The van der Waals surface area contributed by atoms with Crippen molar-refractivity contribution in [2.45, 2.75) is 18.6 Å². The minimum absolute atomic E-state index is 0.0714. The first-order chi connectivity index (χ1) is 8.08. The van der Waals surface area contributed by atoms with E-state index < -0.39 is 10.0 Å². The van der Waals surface area contributed by atoms with Crippen molar-refractivity contribution in [2.75, 3.05) is 18.9 Å². The second-order valence-electron chi connectivity index (χ2n) is 4.07. The topological polar surface area (TPSA) is 72.6 Å². The molecule has 1 aliphatic rings. The Morgan fingerprint density at radius 1 is 1.35 bits per heavy atom. The summed E-state index contributed by atoms with van der Waals surface area (Å²) in [4.78, 5) is 5.16. The molecule has 0 bridgehead atoms. The van der Waals surface area contributed by atoms with Crippen molar-refractivity contribution in [3.8, 4) is 0 Å². The normalized spacial score (nSPS) is 18.1. The average molecular weight is 256 g/mol. The molecule has 1 heterocycles. The number of rotatable bonds is 3. The number of anilines is 1. The molecule has 1 saturated heterocycles. The predicted molar refractivity (Wildman–Crippen MR) is 65.4 cm³/mol. The maximum Gasteiger partial charge on any atom is 0.240 e. The Balaban J connectivity index is 2.11. The number of hydrogen-bond donors (Lipinski definition) is 1. The van der Waals surface area contributed by atoms with Crippen LogP contribution in [0, 0.1) is 0 Å². The molecule has 1 aliphatic heterocycles. The van der Waals surface area contributed by atoms with Crippen LogP contribution >= 0.6 is 0 Å². The van der Waals surface area contributed by atoms with Gasteiger partial charge in [-0.15, -0.1) is 0 Å². The van der Waals surface area contributed by atoms with Gasteiger partial charge in [0, 0.05) is 12.2 Å². The number of nitrogens with two attached hydrogens (primary N) is 1. The van der Waals surface area contributed by atoms with E-state index in [1.54, 1.807) is 24.3 Å². The highest BCUT2D eigenvalue weighted by molar-refractivity contribution is 7.88. The highest BCUT2D eigenvalue weighted by Crippen LogP contribution is 2.17. The Bertz CT molecular complexity index is 481. The first kappa shape index (κ1) is 12.3. The zero-order valence-electron chi connectivity index (χ0n) is 9.50. The molecule has 0 saturated carbocycles. The Morgan fingerprint density at radius 2 is 2.18 bits per heavy atom. The van der Waals surface area contributed by atoms with Gasteiger partial charge >= 0.3 is 0 Å². The lowest BCUT2D eigenvalue weighted by molar-refractivity contribution is -0.109. The van der Waals surface area contributed by atoms with Gasteiger partial charge in [0.05, 0.1) is 12.4 Å². The summed E-state index contributed by atoms with van der Waals surface area (Å²) in [5.41, 5.74) is 6.86. The summed E-state index contributed by atoms with van der Waals surface area (Å²) in [7, 11) is -3.40. The van der Waals surface area contributed by atoms with E-state index in [1.165, 1.54) is 0 Å². The largest absolute Gasteiger partial charge is 0.399 e. The molecule has 94 valence electrons. The molecule has 0 spiro atoms. The third-order valence-corrected chi connectivity index (χ3v) is 4.19.